The van der Waals surface area contributed by atoms with Crippen LogP contribution in [-0.2, 0) is 20.4 Å². The molecule has 1 saturated carbocycles. The highest BCUT2D eigenvalue weighted by molar-refractivity contribution is 7.89. The molecule has 1 aliphatic carbocycles. The summed E-state index contributed by atoms with van der Waals surface area (Å²) in [6.07, 6.45) is 3.83. The number of ether oxygens (including phenoxy) is 1. The van der Waals surface area contributed by atoms with Gasteiger partial charge in [0.2, 0.25) is 15.9 Å². The number of hydrogen-bond acceptors (Lipinski definition) is 6. The summed E-state index contributed by atoms with van der Waals surface area (Å²) in [6.45, 7) is 3.08. The molecular formula is C22H33N3O6S. The lowest BCUT2D eigenvalue weighted by atomic mass is 9.91. The summed E-state index contributed by atoms with van der Waals surface area (Å²) >= 11 is 0. The topological polar surface area (TPSA) is 125 Å². The Balaban J connectivity index is 1.46. The Morgan fingerprint density at radius 1 is 1.28 bits per heavy atom. The monoisotopic (exact) mass is 467 g/mol. The number of sulfonamides is 1. The van der Waals surface area contributed by atoms with Gasteiger partial charge in [0.05, 0.1) is 12.4 Å². The van der Waals surface area contributed by atoms with Crippen LogP contribution in [-0.4, -0.2) is 62.4 Å². The minimum Gasteiger partial charge on any atom is -0.493 e. The molecule has 1 heterocycles. The standard InChI is InChI=1S/C22H33N3O6S/c1-2-22(28,18-6-5-7-19(14-18)31-15-17-8-9-17)16-23-32(29,30)13-4-3-11-25-12-10-20(26)24-21(25)27/h5-7,14,17,23,28H,2-4,8-13,15-16H2,1H3,(H,24,26,27)/t22-/m1/s1. The van der Waals surface area contributed by atoms with E-state index >= 15 is 0 Å². The Labute approximate surface area is 189 Å². The molecule has 2 aliphatic rings. The molecule has 1 aliphatic heterocycles. The fourth-order valence-corrected chi connectivity index (χ4v) is 4.70. The van der Waals surface area contributed by atoms with Gasteiger partial charge in [0.15, 0.2) is 0 Å². The molecule has 1 aromatic carbocycles. The maximum atomic E-state index is 12.4. The number of rotatable bonds is 13. The zero-order chi connectivity index (χ0) is 23.2. The van der Waals surface area contributed by atoms with Gasteiger partial charge in [0, 0.05) is 26.1 Å². The van der Waals surface area contributed by atoms with Crippen molar-refractivity contribution in [3.05, 3.63) is 29.8 Å². The third-order valence-electron chi connectivity index (χ3n) is 5.96. The highest BCUT2D eigenvalue weighted by atomic mass is 32.2. The summed E-state index contributed by atoms with van der Waals surface area (Å²) in [5.41, 5.74) is -0.730. The van der Waals surface area contributed by atoms with E-state index in [0.29, 0.717) is 56.2 Å². The van der Waals surface area contributed by atoms with Gasteiger partial charge >= 0.3 is 6.03 Å². The molecule has 0 radical (unpaired) electrons. The molecule has 3 amide bonds. The van der Waals surface area contributed by atoms with E-state index in [9.17, 15) is 23.1 Å². The van der Waals surface area contributed by atoms with Gasteiger partial charge in [-0.2, -0.15) is 0 Å². The zero-order valence-electron chi connectivity index (χ0n) is 18.5. The second-order valence-corrected chi connectivity index (χ2v) is 10.5. The Morgan fingerprint density at radius 2 is 2.06 bits per heavy atom. The first-order chi connectivity index (χ1) is 15.2. The fraction of sp³-hybridized carbons (Fsp3) is 0.636. The molecule has 1 saturated heterocycles. The number of carbonyl (C=O) groups excluding carboxylic acids is 2. The first kappa shape index (κ1) is 24.5. The van der Waals surface area contributed by atoms with Crippen molar-refractivity contribution in [1.29, 1.82) is 0 Å². The maximum Gasteiger partial charge on any atom is 0.324 e. The summed E-state index contributed by atoms with van der Waals surface area (Å²) in [5, 5.41) is 13.3. The third kappa shape index (κ3) is 7.18. The number of benzene rings is 1. The quantitative estimate of drug-likeness (QED) is 0.379. The van der Waals surface area contributed by atoms with Crippen molar-refractivity contribution in [2.24, 2.45) is 5.92 Å². The van der Waals surface area contributed by atoms with Gasteiger partial charge in [0.25, 0.3) is 0 Å². The average Bonchev–Trinajstić information content (AvgIpc) is 3.60. The predicted molar refractivity (Wildman–Crippen MR) is 120 cm³/mol. The van der Waals surface area contributed by atoms with Crippen molar-refractivity contribution in [2.75, 3.05) is 32.0 Å². The van der Waals surface area contributed by atoms with E-state index in [-0.39, 0.29) is 24.6 Å². The summed E-state index contributed by atoms with van der Waals surface area (Å²) in [7, 11) is -3.60. The predicted octanol–water partition coefficient (Wildman–Crippen LogP) is 1.71. The van der Waals surface area contributed by atoms with Gasteiger partial charge in [-0.1, -0.05) is 19.1 Å². The number of imide groups is 1. The molecule has 0 aromatic heterocycles. The number of urea groups is 1. The second kappa shape index (κ2) is 10.6. The molecule has 2 fully saturated rings. The van der Waals surface area contributed by atoms with E-state index in [1.807, 2.05) is 6.07 Å². The van der Waals surface area contributed by atoms with Crippen LogP contribution in [0.2, 0.25) is 0 Å². The SMILES string of the molecule is CC[C@@](O)(CNS(=O)(=O)CCCCN1CCC(=O)NC1=O)c1cccc(OCC2CC2)c1. The summed E-state index contributed by atoms with van der Waals surface area (Å²) in [4.78, 5) is 24.4. The Bertz CT molecular complexity index is 918. The number of unbranched alkanes of at least 4 members (excludes halogenated alkanes) is 1. The van der Waals surface area contributed by atoms with Crippen LogP contribution in [0, 0.1) is 5.92 Å². The van der Waals surface area contributed by atoms with Crippen molar-refractivity contribution in [2.45, 2.75) is 51.0 Å². The normalized spacial score (nSPS) is 18.9. The number of amides is 3. The van der Waals surface area contributed by atoms with Crippen LogP contribution < -0.4 is 14.8 Å². The highest BCUT2D eigenvalue weighted by Crippen LogP contribution is 2.31. The lowest BCUT2D eigenvalue weighted by Crippen LogP contribution is -2.49. The van der Waals surface area contributed by atoms with Gasteiger partial charge in [0.1, 0.15) is 11.4 Å². The molecule has 10 heteroatoms. The van der Waals surface area contributed by atoms with Crippen molar-refractivity contribution in [1.82, 2.24) is 14.9 Å². The van der Waals surface area contributed by atoms with Crippen molar-refractivity contribution >= 4 is 22.0 Å². The molecule has 3 N–H and O–H groups in total. The smallest absolute Gasteiger partial charge is 0.324 e. The van der Waals surface area contributed by atoms with Gasteiger partial charge in [-0.25, -0.2) is 17.9 Å². The molecule has 0 unspecified atom stereocenters. The first-order valence-corrected chi connectivity index (χ1v) is 12.9. The molecule has 3 rings (SSSR count). The van der Waals surface area contributed by atoms with Crippen molar-refractivity contribution in [3.8, 4) is 5.75 Å². The lowest BCUT2D eigenvalue weighted by molar-refractivity contribution is -0.121. The van der Waals surface area contributed by atoms with E-state index < -0.39 is 21.7 Å². The van der Waals surface area contributed by atoms with Crippen LogP contribution in [0.5, 0.6) is 5.75 Å². The number of nitrogens with zero attached hydrogens (tertiary/aromatic N) is 1. The molecule has 178 valence electrons. The van der Waals surface area contributed by atoms with Crippen LogP contribution in [0.3, 0.4) is 0 Å². The average molecular weight is 468 g/mol. The first-order valence-electron chi connectivity index (χ1n) is 11.2. The third-order valence-corrected chi connectivity index (χ3v) is 7.37. The van der Waals surface area contributed by atoms with Crippen molar-refractivity contribution in [3.63, 3.8) is 0 Å². The molecule has 32 heavy (non-hydrogen) atoms. The minimum absolute atomic E-state index is 0.105. The van der Waals surface area contributed by atoms with E-state index in [4.69, 9.17) is 4.74 Å². The molecule has 1 aromatic rings. The van der Waals surface area contributed by atoms with Gasteiger partial charge < -0.3 is 14.7 Å². The Kier molecular flexibility index (Phi) is 8.13. The molecule has 9 nitrogen and oxygen atoms in total. The van der Waals surface area contributed by atoms with E-state index in [1.165, 1.54) is 17.7 Å². The van der Waals surface area contributed by atoms with Crippen LogP contribution in [0.25, 0.3) is 0 Å². The second-order valence-electron chi connectivity index (χ2n) is 8.60. The van der Waals surface area contributed by atoms with Crippen LogP contribution in [0.15, 0.2) is 24.3 Å². The van der Waals surface area contributed by atoms with E-state index in [0.717, 1.165) is 0 Å². The maximum absolute atomic E-state index is 12.4. The minimum atomic E-state index is -3.60. The van der Waals surface area contributed by atoms with E-state index in [2.05, 4.69) is 10.0 Å². The van der Waals surface area contributed by atoms with Gasteiger partial charge in [-0.3, -0.25) is 10.1 Å². The molecule has 0 bridgehead atoms. The van der Waals surface area contributed by atoms with Gasteiger partial charge in [-0.05, 0) is 55.7 Å². The van der Waals surface area contributed by atoms with Crippen LogP contribution >= 0.6 is 0 Å². The highest BCUT2D eigenvalue weighted by Gasteiger charge is 2.30. The number of aliphatic hydroxyl groups is 1. The number of hydrogen-bond donors (Lipinski definition) is 3. The molecule has 1 atom stereocenters. The Hall–Kier alpha value is -2.17. The summed E-state index contributed by atoms with van der Waals surface area (Å²) in [6, 6.07) is 6.76. The fourth-order valence-electron chi connectivity index (χ4n) is 3.51. The van der Waals surface area contributed by atoms with Gasteiger partial charge in [-0.15, -0.1) is 0 Å². The Morgan fingerprint density at radius 3 is 2.75 bits per heavy atom. The largest absolute Gasteiger partial charge is 0.493 e. The summed E-state index contributed by atoms with van der Waals surface area (Å²) < 4.78 is 33.2. The van der Waals surface area contributed by atoms with Crippen LogP contribution in [0.1, 0.15) is 51.0 Å². The lowest BCUT2D eigenvalue weighted by Gasteiger charge is -2.28. The number of nitrogens with one attached hydrogen (secondary N) is 2. The van der Waals surface area contributed by atoms with Crippen molar-refractivity contribution < 1.29 is 27.9 Å². The zero-order valence-corrected chi connectivity index (χ0v) is 19.3. The van der Waals surface area contributed by atoms with Crippen LogP contribution in [0.4, 0.5) is 4.79 Å². The molecule has 0 spiro atoms. The van der Waals surface area contributed by atoms with E-state index in [1.54, 1.807) is 25.1 Å². The summed E-state index contributed by atoms with van der Waals surface area (Å²) in [5.74, 6) is 0.891. The molecular weight excluding hydrogens is 434 g/mol. The number of carbonyl (C=O) groups is 2.